The van der Waals surface area contributed by atoms with Crippen molar-refractivity contribution in [2.24, 2.45) is 0 Å². The van der Waals surface area contributed by atoms with Gasteiger partial charge in [0.05, 0.1) is 6.54 Å². The number of aliphatic carboxylic acids is 1. The molecule has 0 fully saturated rings. The number of aromatic hydroxyl groups is 1. The Morgan fingerprint density at radius 1 is 1.15 bits per heavy atom. The molecule has 0 saturated carbocycles. The van der Waals surface area contributed by atoms with Gasteiger partial charge in [0.2, 0.25) is 0 Å². The average Bonchev–Trinajstić information content (AvgIpc) is 2.80. The van der Waals surface area contributed by atoms with E-state index in [1.165, 1.54) is 12.1 Å². The number of hydrogen-bond acceptors (Lipinski definition) is 6. The van der Waals surface area contributed by atoms with Crippen LogP contribution in [0.5, 0.6) is 5.75 Å². The highest BCUT2D eigenvalue weighted by Crippen LogP contribution is 2.27. The Bertz CT molecular complexity index is 1290. The van der Waals surface area contributed by atoms with Crippen molar-refractivity contribution in [2.45, 2.75) is 31.2 Å². The van der Waals surface area contributed by atoms with Gasteiger partial charge in [-0.1, -0.05) is 38.1 Å². The van der Waals surface area contributed by atoms with Crippen LogP contribution in [0, 0.1) is 5.82 Å². The monoisotopic (exact) mass is 485 g/mol. The maximum Gasteiger partial charge on any atom is 0.322 e. The zero-order valence-electron chi connectivity index (χ0n) is 18.8. The van der Waals surface area contributed by atoms with Gasteiger partial charge in [-0.25, -0.2) is 9.07 Å². The standard InChI is InChI=1S/C24H24FN3O5S/c1-13(2)21-22(31)20(23(32)26-11-19(29)30)24(33)28(27-21)12-16-5-4-15(10-18(16)25)14-6-8-17(34-3)9-7-14/h4-10,13,31H,11-12H2,1-3H3,(H,26,32)(H,29,30). The van der Waals surface area contributed by atoms with E-state index in [0.29, 0.717) is 5.56 Å². The molecule has 1 aromatic heterocycles. The summed E-state index contributed by atoms with van der Waals surface area (Å²) >= 11 is 1.60. The second-order valence-corrected chi connectivity index (χ2v) is 8.72. The number of benzene rings is 2. The zero-order valence-corrected chi connectivity index (χ0v) is 19.6. The molecule has 8 nitrogen and oxygen atoms in total. The molecule has 0 bridgehead atoms. The number of amides is 1. The average molecular weight is 486 g/mol. The summed E-state index contributed by atoms with van der Waals surface area (Å²) in [5, 5.41) is 25.4. The first kappa shape index (κ1) is 25.0. The zero-order chi connectivity index (χ0) is 25.0. The number of nitrogens with zero attached hydrogens (tertiary/aromatic N) is 2. The predicted octanol–water partition coefficient (Wildman–Crippen LogP) is 3.46. The van der Waals surface area contributed by atoms with E-state index in [9.17, 15) is 23.9 Å². The molecule has 178 valence electrons. The van der Waals surface area contributed by atoms with Gasteiger partial charge in [-0.15, -0.1) is 11.8 Å². The summed E-state index contributed by atoms with van der Waals surface area (Å²) in [4.78, 5) is 37.2. The van der Waals surface area contributed by atoms with Gasteiger partial charge in [-0.3, -0.25) is 14.4 Å². The Hall–Kier alpha value is -3.66. The number of thioether (sulfide) groups is 1. The van der Waals surface area contributed by atoms with Crippen LogP contribution in [0.4, 0.5) is 4.39 Å². The maximum atomic E-state index is 15.0. The van der Waals surface area contributed by atoms with Gasteiger partial charge >= 0.3 is 5.97 Å². The van der Waals surface area contributed by atoms with E-state index in [4.69, 9.17) is 5.11 Å². The quantitative estimate of drug-likeness (QED) is 0.418. The Kier molecular flexibility index (Phi) is 7.72. The van der Waals surface area contributed by atoms with E-state index in [2.05, 4.69) is 10.4 Å². The Balaban J connectivity index is 1.98. The van der Waals surface area contributed by atoms with E-state index >= 15 is 0 Å². The fourth-order valence-electron chi connectivity index (χ4n) is 3.33. The van der Waals surface area contributed by atoms with Crippen LogP contribution in [0.2, 0.25) is 0 Å². The molecule has 10 heteroatoms. The lowest BCUT2D eigenvalue weighted by molar-refractivity contribution is -0.135. The second-order valence-electron chi connectivity index (χ2n) is 7.84. The third-order valence-electron chi connectivity index (χ3n) is 5.13. The number of carbonyl (C=O) groups is 2. The van der Waals surface area contributed by atoms with Crippen molar-refractivity contribution in [1.82, 2.24) is 15.1 Å². The molecule has 0 saturated heterocycles. The third kappa shape index (κ3) is 5.45. The molecule has 3 N–H and O–H groups in total. The van der Waals surface area contributed by atoms with Gasteiger partial charge in [0.15, 0.2) is 5.75 Å². The van der Waals surface area contributed by atoms with Crippen molar-refractivity contribution >= 4 is 23.6 Å². The highest BCUT2D eigenvalue weighted by molar-refractivity contribution is 7.98. The lowest BCUT2D eigenvalue weighted by atomic mass is 10.0. The summed E-state index contributed by atoms with van der Waals surface area (Å²) in [5.74, 6) is -3.90. The molecule has 2 aromatic carbocycles. The van der Waals surface area contributed by atoms with Crippen LogP contribution in [0.1, 0.15) is 41.4 Å². The topological polar surface area (TPSA) is 122 Å². The first-order valence-electron chi connectivity index (χ1n) is 10.4. The number of carboxylic acids is 1. The van der Waals surface area contributed by atoms with E-state index in [-0.39, 0.29) is 23.7 Å². The normalized spacial score (nSPS) is 11.0. The lowest BCUT2D eigenvalue weighted by Gasteiger charge is -2.15. The molecule has 0 aliphatic heterocycles. The van der Waals surface area contributed by atoms with Crippen molar-refractivity contribution in [1.29, 1.82) is 0 Å². The van der Waals surface area contributed by atoms with Gasteiger partial charge in [0.1, 0.15) is 23.6 Å². The fourth-order valence-corrected chi connectivity index (χ4v) is 3.73. The van der Waals surface area contributed by atoms with Crippen LogP contribution < -0.4 is 10.9 Å². The summed E-state index contributed by atoms with van der Waals surface area (Å²) in [6.45, 7) is 2.39. The largest absolute Gasteiger partial charge is 0.505 e. The van der Waals surface area contributed by atoms with Crippen molar-refractivity contribution in [3.63, 3.8) is 0 Å². The molecule has 0 aliphatic carbocycles. The number of carboxylic acid groups (broad SMARTS) is 1. The molecular weight excluding hydrogens is 461 g/mol. The van der Waals surface area contributed by atoms with Gasteiger partial charge in [-0.2, -0.15) is 5.10 Å². The molecule has 0 spiro atoms. The van der Waals surface area contributed by atoms with Gasteiger partial charge < -0.3 is 15.5 Å². The van der Waals surface area contributed by atoms with Gasteiger partial charge in [0, 0.05) is 16.4 Å². The maximum absolute atomic E-state index is 15.0. The molecule has 0 atom stereocenters. The first-order chi connectivity index (χ1) is 16.1. The van der Waals surface area contributed by atoms with Crippen LogP contribution in [-0.2, 0) is 11.3 Å². The van der Waals surface area contributed by atoms with Crippen LogP contribution in [0.25, 0.3) is 11.1 Å². The van der Waals surface area contributed by atoms with Crippen LogP contribution in [0.15, 0.2) is 52.2 Å². The highest BCUT2D eigenvalue weighted by Gasteiger charge is 2.25. The minimum Gasteiger partial charge on any atom is -0.505 e. The number of rotatable bonds is 8. The van der Waals surface area contributed by atoms with Crippen molar-refractivity contribution in [2.75, 3.05) is 12.8 Å². The molecule has 1 heterocycles. The van der Waals surface area contributed by atoms with E-state index < -0.39 is 41.1 Å². The minimum atomic E-state index is -1.31. The number of aromatic nitrogens is 2. The van der Waals surface area contributed by atoms with E-state index in [1.54, 1.807) is 31.7 Å². The molecule has 3 aromatic rings. The Labute approximate surface area is 199 Å². The molecule has 34 heavy (non-hydrogen) atoms. The predicted molar refractivity (Wildman–Crippen MR) is 127 cm³/mol. The minimum absolute atomic E-state index is 0.0611. The van der Waals surface area contributed by atoms with Gasteiger partial charge in [0.25, 0.3) is 11.5 Å². The molecule has 0 unspecified atom stereocenters. The molecule has 0 aliphatic rings. The molecule has 0 radical (unpaired) electrons. The summed E-state index contributed by atoms with van der Waals surface area (Å²) < 4.78 is 15.9. The third-order valence-corrected chi connectivity index (χ3v) is 5.87. The Morgan fingerprint density at radius 3 is 2.35 bits per heavy atom. The van der Waals surface area contributed by atoms with Gasteiger partial charge in [-0.05, 0) is 35.6 Å². The number of nitrogens with one attached hydrogen (secondary N) is 1. The lowest BCUT2D eigenvalue weighted by Crippen LogP contribution is -2.37. The molecule has 1 amide bonds. The number of hydrogen-bond donors (Lipinski definition) is 3. The van der Waals surface area contributed by atoms with Crippen LogP contribution in [0.3, 0.4) is 0 Å². The highest BCUT2D eigenvalue weighted by atomic mass is 32.2. The van der Waals surface area contributed by atoms with Crippen LogP contribution in [-0.4, -0.2) is 44.7 Å². The Morgan fingerprint density at radius 2 is 1.79 bits per heavy atom. The number of halogens is 1. The van der Waals surface area contributed by atoms with E-state index in [1.807, 2.05) is 30.5 Å². The molecular formula is C24H24FN3O5S. The smallest absolute Gasteiger partial charge is 0.322 e. The SMILES string of the molecule is CSc1ccc(-c2ccc(Cn3nc(C(C)C)c(O)c(C(=O)NCC(=O)O)c3=O)c(F)c2)cc1. The summed E-state index contributed by atoms with van der Waals surface area (Å²) in [7, 11) is 0. The van der Waals surface area contributed by atoms with Crippen molar-refractivity contribution < 1.29 is 24.2 Å². The van der Waals surface area contributed by atoms with Crippen molar-refractivity contribution in [3.05, 3.63) is 75.5 Å². The molecule has 3 rings (SSSR count). The number of carbonyl (C=O) groups excluding carboxylic acids is 1. The summed E-state index contributed by atoms with van der Waals surface area (Å²) in [5.41, 5.74) is 0.133. The van der Waals surface area contributed by atoms with E-state index in [0.717, 1.165) is 15.1 Å². The fraction of sp³-hybridized carbons (Fsp3) is 0.250. The summed E-state index contributed by atoms with van der Waals surface area (Å²) in [6.07, 6.45) is 1.97. The van der Waals surface area contributed by atoms with Crippen molar-refractivity contribution in [3.8, 4) is 16.9 Å². The summed E-state index contributed by atoms with van der Waals surface area (Å²) in [6, 6.07) is 12.3. The first-order valence-corrected chi connectivity index (χ1v) is 11.6. The van der Waals surface area contributed by atoms with Crippen LogP contribution >= 0.6 is 11.8 Å². The second kappa shape index (κ2) is 10.5.